The van der Waals surface area contributed by atoms with Gasteiger partial charge in [0.1, 0.15) is 0 Å². The Morgan fingerprint density at radius 2 is 2.05 bits per heavy atom. The number of nitrogens with two attached hydrogens (primary N) is 1. The first-order valence-corrected chi connectivity index (χ1v) is 7.88. The maximum atomic E-state index is 12.7. The van der Waals surface area contributed by atoms with Gasteiger partial charge in [-0.05, 0) is 56.5 Å². The zero-order valence-corrected chi connectivity index (χ0v) is 13.4. The molecule has 0 spiro atoms. The quantitative estimate of drug-likeness (QED) is 0.867. The van der Waals surface area contributed by atoms with Crippen LogP contribution in [-0.4, -0.2) is 48.4 Å². The van der Waals surface area contributed by atoms with Crippen LogP contribution in [0.15, 0.2) is 18.2 Å². The number of benzene rings is 1. The van der Waals surface area contributed by atoms with Gasteiger partial charge in [0.25, 0.3) is 5.91 Å². The van der Waals surface area contributed by atoms with Crippen molar-refractivity contribution in [2.24, 2.45) is 0 Å². The molecule has 4 nitrogen and oxygen atoms in total. The fourth-order valence-electron chi connectivity index (χ4n) is 3.13. The summed E-state index contributed by atoms with van der Waals surface area (Å²) in [5, 5.41) is 0. The monoisotopic (exact) mass is 289 g/mol. The van der Waals surface area contributed by atoms with E-state index in [1.165, 1.54) is 13.0 Å². The van der Waals surface area contributed by atoms with E-state index in [0.717, 1.165) is 37.1 Å². The third kappa shape index (κ3) is 3.76. The Labute approximate surface area is 127 Å². The highest BCUT2D eigenvalue weighted by Crippen LogP contribution is 2.20. The van der Waals surface area contributed by atoms with Crippen LogP contribution in [0.2, 0.25) is 0 Å². The highest BCUT2D eigenvalue weighted by atomic mass is 16.2. The van der Waals surface area contributed by atoms with Crippen molar-refractivity contribution in [1.29, 1.82) is 0 Å². The molecule has 116 valence electrons. The fourth-order valence-corrected chi connectivity index (χ4v) is 3.13. The van der Waals surface area contributed by atoms with E-state index in [4.69, 9.17) is 5.73 Å². The van der Waals surface area contributed by atoms with Crippen molar-refractivity contribution in [1.82, 2.24) is 9.80 Å². The van der Waals surface area contributed by atoms with Crippen molar-refractivity contribution >= 4 is 11.6 Å². The van der Waals surface area contributed by atoms with Gasteiger partial charge in [-0.15, -0.1) is 0 Å². The smallest absolute Gasteiger partial charge is 0.254 e. The first-order valence-electron chi connectivity index (χ1n) is 7.88. The van der Waals surface area contributed by atoms with Gasteiger partial charge >= 0.3 is 0 Å². The summed E-state index contributed by atoms with van der Waals surface area (Å²) in [6, 6.07) is 5.86. The molecular formula is C17H27N3O. The van der Waals surface area contributed by atoms with E-state index in [1.807, 2.05) is 31.0 Å². The molecule has 0 aliphatic carbocycles. The van der Waals surface area contributed by atoms with Crippen LogP contribution in [0.3, 0.4) is 0 Å². The van der Waals surface area contributed by atoms with Gasteiger partial charge in [-0.3, -0.25) is 4.79 Å². The lowest BCUT2D eigenvalue weighted by Crippen LogP contribution is -2.45. The number of piperidine rings is 1. The van der Waals surface area contributed by atoms with E-state index in [0.29, 0.717) is 11.7 Å². The molecule has 0 radical (unpaired) electrons. The highest BCUT2D eigenvalue weighted by Gasteiger charge is 2.26. The van der Waals surface area contributed by atoms with Gasteiger partial charge < -0.3 is 15.5 Å². The van der Waals surface area contributed by atoms with E-state index >= 15 is 0 Å². The lowest BCUT2D eigenvalue weighted by atomic mass is 10.0. The number of amides is 1. The average molecular weight is 289 g/mol. The summed E-state index contributed by atoms with van der Waals surface area (Å²) in [7, 11) is 1.93. The number of anilines is 1. The van der Waals surface area contributed by atoms with E-state index in [-0.39, 0.29) is 5.91 Å². The van der Waals surface area contributed by atoms with Gasteiger partial charge in [0, 0.05) is 37.4 Å². The molecule has 2 N–H and O–H groups in total. The summed E-state index contributed by atoms with van der Waals surface area (Å²) in [6.07, 6.45) is 3.33. The Morgan fingerprint density at radius 1 is 1.38 bits per heavy atom. The molecule has 21 heavy (non-hydrogen) atoms. The molecule has 1 aliphatic heterocycles. The summed E-state index contributed by atoms with van der Waals surface area (Å²) in [5.41, 5.74) is 8.19. The van der Waals surface area contributed by atoms with Crippen LogP contribution < -0.4 is 5.73 Å². The number of nitrogens with zero attached hydrogens (tertiary/aromatic N) is 2. The number of likely N-dealkylation sites (tertiary alicyclic amines) is 1. The summed E-state index contributed by atoms with van der Waals surface area (Å²) in [4.78, 5) is 17.1. The highest BCUT2D eigenvalue weighted by molar-refractivity contribution is 5.96. The Balaban J connectivity index is 2.00. The summed E-state index contributed by atoms with van der Waals surface area (Å²) in [6.45, 7) is 7.52. The van der Waals surface area contributed by atoms with Crippen LogP contribution in [0.5, 0.6) is 0 Å². The molecule has 0 atom stereocenters. The largest absolute Gasteiger partial charge is 0.399 e. The topological polar surface area (TPSA) is 49.6 Å². The first kappa shape index (κ1) is 15.8. The molecule has 0 bridgehead atoms. The molecule has 1 aromatic carbocycles. The van der Waals surface area contributed by atoms with E-state index in [1.54, 1.807) is 6.07 Å². The zero-order chi connectivity index (χ0) is 15.4. The van der Waals surface area contributed by atoms with Crippen LogP contribution in [0.1, 0.15) is 42.1 Å². The molecule has 1 aromatic rings. The lowest BCUT2D eigenvalue weighted by molar-refractivity contribution is 0.0642. The number of hydrogen-bond donors (Lipinski definition) is 1. The van der Waals surface area contributed by atoms with Crippen LogP contribution in [-0.2, 0) is 0 Å². The molecular weight excluding hydrogens is 262 g/mol. The molecule has 2 rings (SSSR count). The molecule has 1 heterocycles. The van der Waals surface area contributed by atoms with Crippen LogP contribution in [0, 0.1) is 6.92 Å². The number of carbonyl (C=O) groups excluding carboxylic acids is 1. The van der Waals surface area contributed by atoms with Gasteiger partial charge in [0.05, 0.1) is 0 Å². The van der Waals surface area contributed by atoms with Crippen molar-refractivity contribution in [3.05, 3.63) is 29.3 Å². The minimum absolute atomic E-state index is 0.112. The van der Waals surface area contributed by atoms with Crippen LogP contribution in [0.4, 0.5) is 5.69 Å². The molecule has 0 unspecified atom stereocenters. The molecule has 1 fully saturated rings. The second-order valence-corrected chi connectivity index (χ2v) is 6.06. The minimum Gasteiger partial charge on any atom is -0.399 e. The third-order valence-electron chi connectivity index (χ3n) is 4.45. The minimum atomic E-state index is 0.112. The van der Waals surface area contributed by atoms with Gasteiger partial charge in [-0.1, -0.05) is 6.92 Å². The Bertz CT molecular complexity index is 493. The third-order valence-corrected chi connectivity index (χ3v) is 4.45. The van der Waals surface area contributed by atoms with E-state index in [2.05, 4.69) is 11.8 Å². The maximum absolute atomic E-state index is 12.7. The second-order valence-electron chi connectivity index (χ2n) is 6.06. The van der Waals surface area contributed by atoms with Crippen LogP contribution in [0.25, 0.3) is 0 Å². The number of aryl methyl sites for hydroxylation is 1. The summed E-state index contributed by atoms with van der Waals surface area (Å²) >= 11 is 0. The molecule has 4 heteroatoms. The summed E-state index contributed by atoms with van der Waals surface area (Å²) in [5.74, 6) is 0.112. The zero-order valence-electron chi connectivity index (χ0n) is 13.4. The number of hydrogen-bond acceptors (Lipinski definition) is 3. The second kappa shape index (κ2) is 6.94. The molecule has 1 aliphatic rings. The Kier molecular flexibility index (Phi) is 5.23. The normalized spacial score (nSPS) is 16.9. The molecule has 0 aromatic heterocycles. The van der Waals surface area contributed by atoms with Crippen molar-refractivity contribution in [3.8, 4) is 0 Å². The van der Waals surface area contributed by atoms with E-state index < -0.39 is 0 Å². The standard InChI is InChI=1S/C17H27N3O/c1-4-9-20-10-7-15(8-11-20)19(3)17(21)16-6-5-14(18)12-13(16)2/h5-6,12,15H,4,7-11,18H2,1-3H3. The Morgan fingerprint density at radius 3 is 2.62 bits per heavy atom. The van der Waals surface area contributed by atoms with Gasteiger partial charge in [-0.25, -0.2) is 0 Å². The predicted molar refractivity (Wildman–Crippen MR) is 87.4 cm³/mol. The van der Waals surface area contributed by atoms with Gasteiger partial charge in [0.15, 0.2) is 0 Å². The van der Waals surface area contributed by atoms with Gasteiger partial charge in [0.2, 0.25) is 0 Å². The summed E-state index contributed by atoms with van der Waals surface area (Å²) < 4.78 is 0. The first-order chi connectivity index (χ1) is 10.0. The van der Waals surface area contributed by atoms with Gasteiger partial charge in [-0.2, -0.15) is 0 Å². The van der Waals surface area contributed by atoms with Crippen molar-refractivity contribution < 1.29 is 4.79 Å². The number of nitrogen functional groups attached to an aromatic ring is 1. The van der Waals surface area contributed by atoms with Crippen molar-refractivity contribution in [2.75, 3.05) is 32.4 Å². The number of carbonyl (C=O) groups is 1. The van der Waals surface area contributed by atoms with E-state index in [9.17, 15) is 4.79 Å². The molecule has 1 saturated heterocycles. The fraction of sp³-hybridized carbons (Fsp3) is 0.588. The van der Waals surface area contributed by atoms with Crippen molar-refractivity contribution in [2.45, 2.75) is 39.2 Å². The average Bonchev–Trinajstić information content (AvgIpc) is 2.47. The van der Waals surface area contributed by atoms with Crippen molar-refractivity contribution in [3.63, 3.8) is 0 Å². The lowest BCUT2D eigenvalue weighted by Gasteiger charge is -2.36. The Hall–Kier alpha value is -1.55. The molecule has 1 amide bonds. The molecule has 0 saturated carbocycles. The number of rotatable bonds is 4. The predicted octanol–water partition coefficient (Wildman–Crippen LogP) is 2.52. The SMILES string of the molecule is CCCN1CCC(N(C)C(=O)c2ccc(N)cc2C)CC1. The van der Waals surface area contributed by atoms with Crippen LogP contribution >= 0.6 is 0 Å². The maximum Gasteiger partial charge on any atom is 0.254 e.